The quantitative estimate of drug-likeness (QED) is 0.0419. The standard InChI is InChI=1S/C25H47N9O7/c1-6-13(3)19(23(40)32-16(21(38)29-7-2)9-8-12-30-25(27)28)34-22(39)17(10-11-18(26)37)33-24(41)20(14(4)35)31-15(5)36/h13-14,16-17,19-20,35H,6-12H2,1-5H3,(H2,26,37)(H,29,38)(H,31,36)(H,32,40)(H,33,41)(H,34,39)(H4,27,28,30)/t13-,14+,16-,17-,19-,20-/m0/s1. The van der Waals surface area contributed by atoms with Crippen molar-refractivity contribution in [3.05, 3.63) is 0 Å². The van der Waals surface area contributed by atoms with Crippen LogP contribution in [0.5, 0.6) is 0 Å². The first-order valence-electron chi connectivity index (χ1n) is 13.6. The molecule has 0 aromatic heterocycles. The second-order valence-corrected chi connectivity index (χ2v) is 9.76. The van der Waals surface area contributed by atoms with Crippen LogP contribution in [0.3, 0.4) is 0 Å². The SMILES string of the molecule is CCNC(=O)[C@H](CCCN=C(N)N)NC(=O)[C@@H](NC(=O)[C@H](CCC(N)=O)NC(=O)[C@@H](NC(C)=O)[C@@H](C)O)[C@@H](C)CC. The summed E-state index contributed by atoms with van der Waals surface area (Å²) in [7, 11) is 0. The second kappa shape index (κ2) is 19.2. The van der Waals surface area contributed by atoms with Crippen molar-refractivity contribution in [2.24, 2.45) is 28.1 Å². The number of rotatable bonds is 19. The maximum absolute atomic E-state index is 13.4. The fourth-order valence-corrected chi connectivity index (χ4v) is 3.73. The van der Waals surface area contributed by atoms with Crippen LogP contribution < -0.4 is 43.8 Å². The lowest BCUT2D eigenvalue weighted by Crippen LogP contribution is -2.60. The van der Waals surface area contributed by atoms with Crippen molar-refractivity contribution in [3.63, 3.8) is 0 Å². The van der Waals surface area contributed by atoms with Crippen LogP contribution in [0, 0.1) is 5.92 Å². The summed E-state index contributed by atoms with van der Waals surface area (Å²) in [4.78, 5) is 78.9. The smallest absolute Gasteiger partial charge is 0.245 e. The van der Waals surface area contributed by atoms with Crippen LogP contribution >= 0.6 is 0 Å². The molecule has 0 aromatic rings. The summed E-state index contributed by atoms with van der Waals surface area (Å²) in [6.07, 6.45) is -0.694. The van der Waals surface area contributed by atoms with E-state index < -0.39 is 71.6 Å². The first-order chi connectivity index (χ1) is 19.1. The number of primary amides is 1. The van der Waals surface area contributed by atoms with Gasteiger partial charge in [-0.3, -0.25) is 33.8 Å². The highest BCUT2D eigenvalue weighted by atomic mass is 16.3. The maximum atomic E-state index is 13.4. The topological polar surface area (TPSA) is 273 Å². The average Bonchev–Trinajstić information content (AvgIpc) is 2.88. The zero-order chi connectivity index (χ0) is 31.7. The van der Waals surface area contributed by atoms with E-state index in [0.717, 1.165) is 6.92 Å². The Morgan fingerprint density at radius 3 is 1.80 bits per heavy atom. The van der Waals surface area contributed by atoms with E-state index in [1.54, 1.807) is 20.8 Å². The number of carbonyl (C=O) groups excluding carboxylic acids is 6. The van der Waals surface area contributed by atoms with E-state index in [1.807, 2.05) is 0 Å². The Labute approximate surface area is 240 Å². The van der Waals surface area contributed by atoms with Crippen LogP contribution in [0.15, 0.2) is 4.99 Å². The van der Waals surface area contributed by atoms with Gasteiger partial charge < -0.3 is 48.9 Å². The van der Waals surface area contributed by atoms with E-state index in [9.17, 15) is 33.9 Å². The molecule has 0 spiro atoms. The first kappa shape index (κ1) is 37.0. The molecule has 0 bridgehead atoms. The number of nitrogens with zero attached hydrogens (tertiary/aromatic N) is 1. The number of hydrogen-bond acceptors (Lipinski definition) is 8. The van der Waals surface area contributed by atoms with Crippen molar-refractivity contribution in [2.45, 2.75) is 97.0 Å². The lowest BCUT2D eigenvalue weighted by Gasteiger charge is -2.29. The minimum Gasteiger partial charge on any atom is -0.391 e. The van der Waals surface area contributed by atoms with Gasteiger partial charge in [0.05, 0.1) is 6.10 Å². The normalized spacial score (nSPS) is 15.1. The molecule has 16 heteroatoms. The molecule has 6 atom stereocenters. The van der Waals surface area contributed by atoms with Gasteiger partial charge in [-0.25, -0.2) is 0 Å². The summed E-state index contributed by atoms with van der Waals surface area (Å²) in [5, 5.41) is 22.6. The van der Waals surface area contributed by atoms with Crippen molar-refractivity contribution in [3.8, 4) is 0 Å². The Balaban J connectivity index is 5.90. The van der Waals surface area contributed by atoms with Crippen LogP contribution in [0.1, 0.15) is 66.7 Å². The lowest BCUT2D eigenvalue weighted by molar-refractivity contribution is -0.136. The van der Waals surface area contributed by atoms with Gasteiger partial charge in [0.1, 0.15) is 24.2 Å². The Kier molecular flexibility index (Phi) is 17.3. The molecular weight excluding hydrogens is 538 g/mol. The predicted octanol–water partition coefficient (Wildman–Crippen LogP) is -3.17. The Morgan fingerprint density at radius 1 is 0.780 bits per heavy atom. The highest BCUT2D eigenvalue weighted by Gasteiger charge is 2.34. The Morgan fingerprint density at radius 2 is 1.34 bits per heavy atom. The second-order valence-electron chi connectivity index (χ2n) is 9.76. The van der Waals surface area contributed by atoms with Gasteiger partial charge in [0.2, 0.25) is 35.4 Å². The summed E-state index contributed by atoms with van der Waals surface area (Å²) in [6.45, 7) is 8.27. The largest absolute Gasteiger partial charge is 0.391 e. The highest BCUT2D eigenvalue weighted by Crippen LogP contribution is 2.11. The Bertz CT molecular complexity index is 938. The number of hydrogen-bond donors (Lipinski definition) is 9. The number of aliphatic hydroxyl groups excluding tert-OH is 1. The highest BCUT2D eigenvalue weighted by molar-refractivity contribution is 5.96. The summed E-state index contributed by atoms with van der Waals surface area (Å²) >= 11 is 0. The van der Waals surface area contributed by atoms with E-state index >= 15 is 0 Å². The fourth-order valence-electron chi connectivity index (χ4n) is 3.73. The molecule has 12 N–H and O–H groups in total. The molecular formula is C25H47N9O7. The molecule has 0 unspecified atom stereocenters. The lowest BCUT2D eigenvalue weighted by atomic mass is 9.96. The van der Waals surface area contributed by atoms with E-state index in [4.69, 9.17) is 17.2 Å². The number of nitrogens with two attached hydrogens (primary N) is 3. The van der Waals surface area contributed by atoms with Crippen LogP contribution in [0.4, 0.5) is 0 Å². The number of guanidine groups is 1. The van der Waals surface area contributed by atoms with Crippen molar-refractivity contribution >= 4 is 41.4 Å². The maximum Gasteiger partial charge on any atom is 0.245 e. The van der Waals surface area contributed by atoms with Gasteiger partial charge in [-0.1, -0.05) is 20.3 Å². The zero-order valence-electron chi connectivity index (χ0n) is 24.5. The molecule has 0 fully saturated rings. The summed E-state index contributed by atoms with van der Waals surface area (Å²) in [5.74, 6) is -4.54. The first-order valence-corrected chi connectivity index (χ1v) is 13.6. The summed E-state index contributed by atoms with van der Waals surface area (Å²) in [6, 6.07) is -4.75. The molecule has 0 radical (unpaired) electrons. The molecule has 0 heterocycles. The minimum absolute atomic E-state index is 0.0991. The number of nitrogens with one attached hydrogen (secondary N) is 5. The summed E-state index contributed by atoms with van der Waals surface area (Å²) < 4.78 is 0. The van der Waals surface area contributed by atoms with Gasteiger partial charge in [-0.2, -0.15) is 0 Å². The van der Waals surface area contributed by atoms with Gasteiger partial charge in [-0.15, -0.1) is 0 Å². The number of aliphatic imine (C=N–C) groups is 1. The number of aliphatic hydroxyl groups is 1. The molecule has 234 valence electrons. The molecule has 16 nitrogen and oxygen atoms in total. The molecule has 6 amide bonds. The monoisotopic (exact) mass is 585 g/mol. The van der Waals surface area contributed by atoms with Gasteiger partial charge in [0.25, 0.3) is 0 Å². The molecule has 0 aromatic carbocycles. The van der Waals surface area contributed by atoms with E-state index in [-0.39, 0.29) is 31.8 Å². The predicted molar refractivity (Wildman–Crippen MR) is 152 cm³/mol. The molecule has 0 saturated heterocycles. The molecule has 0 aliphatic heterocycles. The van der Waals surface area contributed by atoms with Gasteiger partial charge >= 0.3 is 0 Å². The van der Waals surface area contributed by atoms with Crippen LogP contribution in [-0.2, 0) is 28.8 Å². The third kappa shape index (κ3) is 14.9. The summed E-state index contributed by atoms with van der Waals surface area (Å²) in [5.41, 5.74) is 15.9. The van der Waals surface area contributed by atoms with Crippen molar-refractivity contribution in [1.29, 1.82) is 0 Å². The number of amides is 6. The van der Waals surface area contributed by atoms with Crippen LogP contribution in [0.2, 0.25) is 0 Å². The van der Waals surface area contributed by atoms with Gasteiger partial charge in [-0.05, 0) is 39.0 Å². The van der Waals surface area contributed by atoms with E-state index in [2.05, 4.69) is 31.6 Å². The van der Waals surface area contributed by atoms with Gasteiger partial charge in [0, 0.05) is 26.4 Å². The van der Waals surface area contributed by atoms with Crippen molar-refractivity contribution in [2.75, 3.05) is 13.1 Å². The minimum atomic E-state index is -1.37. The number of carbonyl (C=O) groups is 6. The van der Waals surface area contributed by atoms with Gasteiger partial charge in [0.15, 0.2) is 5.96 Å². The van der Waals surface area contributed by atoms with Crippen molar-refractivity contribution in [1.82, 2.24) is 26.6 Å². The van der Waals surface area contributed by atoms with Crippen molar-refractivity contribution < 1.29 is 33.9 Å². The average molecular weight is 586 g/mol. The molecule has 0 aliphatic carbocycles. The van der Waals surface area contributed by atoms with Crippen LogP contribution in [0.25, 0.3) is 0 Å². The third-order valence-electron chi connectivity index (χ3n) is 6.16. The zero-order valence-corrected chi connectivity index (χ0v) is 24.5. The fraction of sp³-hybridized carbons (Fsp3) is 0.720. The van der Waals surface area contributed by atoms with E-state index in [0.29, 0.717) is 19.4 Å². The molecule has 0 aliphatic rings. The van der Waals surface area contributed by atoms with Crippen LogP contribution in [-0.4, -0.2) is 89.9 Å². The third-order valence-corrected chi connectivity index (χ3v) is 6.16. The Hall–Kier alpha value is -3.95. The molecule has 41 heavy (non-hydrogen) atoms. The molecule has 0 rings (SSSR count). The number of likely N-dealkylation sites (N-methyl/N-ethyl adjacent to an activating group) is 1. The molecule has 0 saturated carbocycles. The van der Waals surface area contributed by atoms with E-state index in [1.165, 1.54) is 6.92 Å².